The van der Waals surface area contributed by atoms with E-state index in [1.165, 1.54) is 11.9 Å². The summed E-state index contributed by atoms with van der Waals surface area (Å²) in [6.07, 6.45) is -0.536. The number of aliphatic carboxylic acids is 1. The first-order valence-corrected chi connectivity index (χ1v) is 6.79. The number of hydrogen-bond acceptors (Lipinski definition) is 3. The van der Waals surface area contributed by atoms with E-state index in [4.69, 9.17) is 4.74 Å². The molecular weight excluding hydrogens is 270 g/mol. The molecule has 0 heterocycles. The fourth-order valence-corrected chi connectivity index (χ4v) is 1.97. The third-order valence-electron chi connectivity index (χ3n) is 3.14. The second kappa shape index (κ2) is 6.16. The fraction of sp³-hybridized carbons (Fsp3) is 0.500. The van der Waals surface area contributed by atoms with Gasteiger partial charge in [0.1, 0.15) is 11.0 Å². The van der Waals surface area contributed by atoms with E-state index in [0.717, 1.165) is 0 Å². The highest BCUT2D eigenvalue weighted by Gasteiger charge is 2.38. The molecule has 1 rings (SSSR count). The molecular formula is C16H23NO4. The predicted octanol–water partition coefficient (Wildman–Crippen LogP) is 2.90. The first kappa shape index (κ1) is 17.0. The van der Waals surface area contributed by atoms with Crippen molar-refractivity contribution in [2.24, 2.45) is 0 Å². The topological polar surface area (TPSA) is 66.8 Å². The molecule has 1 unspecified atom stereocenters. The van der Waals surface area contributed by atoms with Crippen LogP contribution in [0.5, 0.6) is 0 Å². The van der Waals surface area contributed by atoms with Crippen LogP contribution in [0.4, 0.5) is 4.79 Å². The molecule has 0 fully saturated rings. The number of carbonyl (C=O) groups excluding carboxylic acids is 1. The second-order valence-corrected chi connectivity index (χ2v) is 6.34. The van der Waals surface area contributed by atoms with Gasteiger partial charge in [-0.05, 0) is 33.3 Å². The summed E-state index contributed by atoms with van der Waals surface area (Å²) >= 11 is 0. The van der Waals surface area contributed by atoms with E-state index in [-0.39, 0.29) is 6.54 Å². The highest BCUT2D eigenvalue weighted by molar-refractivity contribution is 5.82. The van der Waals surface area contributed by atoms with E-state index in [1.807, 2.05) is 6.07 Å². The van der Waals surface area contributed by atoms with E-state index < -0.39 is 23.1 Å². The molecule has 5 nitrogen and oxygen atoms in total. The molecule has 0 radical (unpaired) electrons. The van der Waals surface area contributed by atoms with E-state index in [9.17, 15) is 14.7 Å². The SMILES string of the molecule is CN(CC(C)(C(=O)O)c1ccccc1)C(=O)OC(C)(C)C. The van der Waals surface area contributed by atoms with E-state index in [1.54, 1.807) is 52.0 Å². The molecule has 0 spiro atoms. The quantitative estimate of drug-likeness (QED) is 0.927. The maximum Gasteiger partial charge on any atom is 0.410 e. The Hall–Kier alpha value is -2.04. The van der Waals surface area contributed by atoms with Crippen molar-refractivity contribution < 1.29 is 19.4 Å². The van der Waals surface area contributed by atoms with Gasteiger partial charge in [0.05, 0.1) is 0 Å². The maximum atomic E-state index is 12.0. The molecule has 0 bridgehead atoms. The molecule has 0 saturated heterocycles. The van der Waals surface area contributed by atoms with Gasteiger partial charge >= 0.3 is 12.1 Å². The molecule has 1 atom stereocenters. The van der Waals surface area contributed by atoms with Crippen LogP contribution < -0.4 is 0 Å². The zero-order valence-electron chi connectivity index (χ0n) is 13.2. The van der Waals surface area contributed by atoms with Crippen LogP contribution in [0.3, 0.4) is 0 Å². The summed E-state index contributed by atoms with van der Waals surface area (Å²) in [5.74, 6) is -0.982. The first-order chi connectivity index (χ1) is 9.56. The van der Waals surface area contributed by atoms with Crippen molar-refractivity contribution in [2.75, 3.05) is 13.6 Å². The summed E-state index contributed by atoms with van der Waals surface area (Å²) in [5.41, 5.74) is -1.15. The van der Waals surface area contributed by atoms with Crippen molar-refractivity contribution >= 4 is 12.1 Å². The summed E-state index contributed by atoms with van der Waals surface area (Å²) in [5, 5.41) is 9.57. The van der Waals surface area contributed by atoms with Gasteiger partial charge in [-0.1, -0.05) is 30.3 Å². The fourth-order valence-electron chi connectivity index (χ4n) is 1.97. The van der Waals surface area contributed by atoms with Crippen molar-refractivity contribution in [3.63, 3.8) is 0 Å². The van der Waals surface area contributed by atoms with Crippen LogP contribution in [-0.2, 0) is 14.9 Å². The number of carbonyl (C=O) groups is 2. The molecule has 116 valence electrons. The number of hydrogen-bond donors (Lipinski definition) is 1. The standard InChI is InChI=1S/C16H23NO4/c1-15(2,3)21-14(20)17(5)11-16(4,13(18)19)12-9-7-6-8-10-12/h6-10H,11H2,1-5H3,(H,18,19). The monoisotopic (exact) mass is 293 g/mol. The van der Waals surface area contributed by atoms with Crippen LogP contribution in [0.15, 0.2) is 30.3 Å². The predicted molar refractivity (Wildman–Crippen MR) is 80.3 cm³/mol. The molecule has 5 heteroatoms. The minimum atomic E-state index is -1.19. The number of ether oxygens (including phenoxy) is 1. The number of nitrogens with zero attached hydrogens (tertiary/aromatic N) is 1. The van der Waals surface area contributed by atoms with E-state index in [0.29, 0.717) is 5.56 Å². The molecule has 0 aliphatic heterocycles. The van der Waals surface area contributed by atoms with E-state index in [2.05, 4.69) is 0 Å². The molecule has 1 N–H and O–H groups in total. The number of rotatable bonds is 4. The number of benzene rings is 1. The van der Waals surface area contributed by atoms with Gasteiger partial charge in [0, 0.05) is 13.6 Å². The first-order valence-electron chi connectivity index (χ1n) is 6.79. The number of amides is 1. The van der Waals surface area contributed by atoms with Gasteiger partial charge in [0.25, 0.3) is 0 Å². The number of carboxylic acids is 1. The van der Waals surface area contributed by atoms with Crippen LogP contribution in [0, 0.1) is 0 Å². The van der Waals surface area contributed by atoms with Crippen LogP contribution >= 0.6 is 0 Å². The van der Waals surface area contributed by atoms with Crippen LogP contribution in [0.1, 0.15) is 33.3 Å². The molecule has 0 aliphatic carbocycles. The average molecular weight is 293 g/mol. The van der Waals surface area contributed by atoms with Gasteiger partial charge in [0.15, 0.2) is 0 Å². The lowest BCUT2D eigenvalue weighted by Crippen LogP contribution is -2.46. The Morgan fingerprint density at radius 1 is 1.14 bits per heavy atom. The van der Waals surface area contributed by atoms with Gasteiger partial charge in [-0.2, -0.15) is 0 Å². The molecule has 0 aromatic heterocycles. The van der Waals surface area contributed by atoms with Crippen molar-refractivity contribution in [2.45, 2.75) is 38.7 Å². The highest BCUT2D eigenvalue weighted by Crippen LogP contribution is 2.25. The highest BCUT2D eigenvalue weighted by atomic mass is 16.6. The van der Waals surface area contributed by atoms with Gasteiger partial charge in [-0.25, -0.2) is 4.79 Å². The minimum Gasteiger partial charge on any atom is -0.481 e. The van der Waals surface area contributed by atoms with Crippen LogP contribution in [-0.4, -0.2) is 41.3 Å². The Morgan fingerprint density at radius 2 is 1.67 bits per heavy atom. The summed E-state index contributed by atoms with van der Waals surface area (Å²) < 4.78 is 5.26. The number of carboxylic acid groups (broad SMARTS) is 1. The normalized spacial score (nSPS) is 14.1. The van der Waals surface area contributed by atoms with Crippen molar-refractivity contribution in [3.8, 4) is 0 Å². The Kier molecular flexibility index (Phi) is 4.99. The van der Waals surface area contributed by atoms with Crippen molar-refractivity contribution in [3.05, 3.63) is 35.9 Å². The lowest BCUT2D eigenvalue weighted by molar-refractivity contribution is -0.143. The maximum absolute atomic E-state index is 12.0. The van der Waals surface area contributed by atoms with Crippen molar-refractivity contribution in [1.29, 1.82) is 0 Å². The smallest absolute Gasteiger partial charge is 0.410 e. The van der Waals surface area contributed by atoms with Crippen LogP contribution in [0.25, 0.3) is 0 Å². The van der Waals surface area contributed by atoms with Crippen LogP contribution in [0.2, 0.25) is 0 Å². The Labute approximate surface area is 125 Å². The molecule has 21 heavy (non-hydrogen) atoms. The molecule has 1 aromatic rings. The van der Waals surface area contributed by atoms with E-state index >= 15 is 0 Å². The Bertz CT molecular complexity index is 507. The molecule has 0 aliphatic rings. The third kappa shape index (κ3) is 4.48. The molecule has 1 amide bonds. The number of likely N-dealkylation sites (N-methyl/N-ethyl adjacent to an activating group) is 1. The summed E-state index contributed by atoms with van der Waals surface area (Å²) in [6, 6.07) is 8.88. The van der Waals surface area contributed by atoms with Gasteiger partial charge < -0.3 is 14.7 Å². The van der Waals surface area contributed by atoms with Gasteiger partial charge in [-0.15, -0.1) is 0 Å². The minimum absolute atomic E-state index is 0.0290. The third-order valence-corrected chi connectivity index (χ3v) is 3.14. The van der Waals surface area contributed by atoms with Gasteiger partial charge in [-0.3, -0.25) is 4.79 Å². The van der Waals surface area contributed by atoms with Crippen molar-refractivity contribution in [1.82, 2.24) is 4.90 Å². The lowest BCUT2D eigenvalue weighted by Gasteiger charge is -2.32. The average Bonchev–Trinajstić information content (AvgIpc) is 2.37. The molecule has 1 aromatic carbocycles. The Balaban J connectivity index is 2.94. The largest absolute Gasteiger partial charge is 0.481 e. The Morgan fingerprint density at radius 3 is 2.10 bits per heavy atom. The molecule has 0 saturated carbocycles. The van der Waals surface area contributed by atoms with Gasteiger partial charge in [0.2, 0.25) is 0 Å². The zero-order valence-corrected chi connectivity index (χ0v) is 13.2. The summed E-state index contributed by atoms with van der Waals surface area (Å²) in [4.78, 5) is 25.0. The summed E-state index contributed by atoms with van der Waals surface area (Å²) in [6.45, 7) is 6.94. The summed E-state index contributed by atoms with van der Waals surface area (Å²) in [7, 11) is 1.54. The lowest BCUT2D eigenvalue weighted by atomic mass is 9.82. The zero-order chi connectivity index (χ0) is 16.3. The second-order valence-electron chi connectivity index (χ2n) is 6.34.